The van der Waals surface area contributed by atoms with Crippen LogP contribution in [0.25, 0.3) is 0 Å². The van der Waals surface area contributed by atoms with Gasteiger partial charge in [0.15, 0.2) is 0 Å². The summed E-state index contributed by atoms with van der Waals surface area (Å²) in [5.74, 6) is -0.279. The molecule has 2 rings (SSSR count). The zero-order chi connectivity index (χ0) is 14.9. The van der Waals surface area contributed by atoms with Crippen molar-refractivity contribution in [3.63, 3.8) is 0 Å². The molecule has 0 aliphatic carbocycles. The molecular formula is C14H9Cl3INO. The first kappa shape index (κ1) is 15.9. The molecule has 0 saturated heterocycles. The van der Waals surface area contributed by atoms with E-state index in [9.17, 15) is 4.79 Å². The number of aryl methyl sites for hydroxylation is 1. The summed E-state index contributed by atoms with van der Waals surface area (Å²) in [5, 5.41) is 4.24. The fraction of sp³-hybridized carbons (Fsp3) is 0.0714. The topological polar surface area (TPSA) is 29.1 Å². The van der Waals surface area contributed by atoms with Gasteiger partial charge in [0, 0.05) is 13.6 Å². The maximum atomic E-state index is 12.3. The van der Waals surface area contributed by atoms with E-state index in [0.29, 0.717) is 26.3 Å². The molecule has 0 heterocycles. The lowest BCUT2D eigenvalue weighted by Gasteiger charge is -2.10. The van der Waals surface area contributed by atoms with Crippen LogP contribution in [0.15, 0.2) is 30.3 Å². The van der Waals surface area contributed by atoms with Gasteiger partial charge in [0.2, 0.25) is 0 Å². The minimum Gasteiger partial charge on any atom is -0.321 e. The van der Waals surface area contributed by atoms with Crippen LogP contribution < -0.4 is 5.32 Å². The quantitative estimate of drug-likeness (QED) is 0.587. The average Bonchev–Trinajstić information content (AvgIpc) is 2.38. The molecule has 104 valence electrons. The Bertz CT molecular complexity index is 688. The Labute approximate surface area is 145 Å². The standard InChI is InChI=1S/C14H9Cl3INO/c1-7-4-11(17)13(6-10(7)16)19-14(20)9-5-8(15)2-3-12(9)18/h2-6H,1H3,(H,19,20). The highest BCUT2D eigenvalue weighted by Crippen LogP contribution is 2.29. The number of hydrogen-bond donors (Lipinski definition) is 1. The van der Waals surface area contributed by atoms with E-state index in [1.54, 1.807) is 30.3 Å². The number of carbonyl (C=O) groups is 1. The minimum atomic E-state index is -0.279. The predicted octanol–water partition coefficient (Wildman–Crippen LogP) is 5.81. The number of hydrogen-bond acceptors (Lipinski definition) is 1. The van der Waals surface area contributed by atoms with Gasteiger partial charge in [0.25, 0.3) is 5.91 Å². The van der Waals surface area contributed by atoms with Crippen LogP contribution in [0.5, 0.6) is 0 Å². The van der Waals surface area contributed by atoms with Gasteiger partial charge >= 0.3 is 0 Å². The Morgan fingerprint density at radius 1 is 1.10 bits per heavy atom. The number of rotatable bonds is 2. The van der Waals surface area contributed by atoms with Crippen molar-refractivity contribution in [1.29, 1.82) is 0 Å². The largest absolute Gasteiger partial charge is 0.321 e. The molecule has 0 fully saturated rings. The van der Waals surface area contributed by atoms with Crippen LogP contribution in [0.1, 0.15) is 15.9 Å². The minimum absolute atomic E-state index is 0.279. The van der Waals surface area contributed by atoms with E-state index < -0.39 is 0 Å². The van der Waals surface area contributed by atoms with E-state index in [1.165, 1.54) is 0 Å². The van der Waals surface area contributed by atoms with Crippen LogP contribution in [0.2, 0.25) is 15.1 Å². The van der Waals surface area contributed by atoms with Gasteiger partial charge < -0.3 is 5.32 Å². The van der Waals surface area contributed by atoms with Gasteiger partial charge in [0.05, 0.1) is 16.3 Å². The molecule has 0 aliphatic rings. The van der Waals surface area contributed by atoms with Crippen LogP contribution in [0.3, 0.4) is 0 Å². The highest BCUT2D eigenvalue weighted by atomic mass is 127. The molecule has 2 nitrogen and oxygen atoms in total. The Hall–Kier alpha value is -0.490. The van der Waals surface area contributed by atoms with Gasteiger partial charge in [-0.05, 0) is 65.4 Å². The van der Waals surface area contributed by atoms with Crippen molar-refractivity contribution < 1.29 is 4.79 Å². The van der Waals surface area contributed by atoms with Crippen LogP contribution in [0, 0.1) is 10.5 Å². The highest BCUT2D eigenvalue weighted by Gasteiger charge is 2.13. The number of amides is 1. The molecule has 0 bridgehead atoms. The molecule has 0 saturated carbocycles. The first-order valence-corrected chi connectivity index (χ1v) is 7.82. The zero-order valence-electron chi connectivity index (χ0n) is 10.3. The maximum absolute atomic E-state index is 12.3. The summed E-state index contributed by atoms with van der Waals surface area (Å²) in [4.78, 5) is 12.3. The molecule has 0 aromatic heterocycles. The molecule has 20 heavy (non-hydrogen) atoms. The van der Waals surface area contributed by atoms with Crippen molar-refractivity contribution in [3.8, 4) is 0 Å². The fourth-order valence-electron chi connectivity index (χ4n) is 1.60. The zero-order valence-corrected chi connectivity index (χ0v) is 14.7. The molecule has 0 aliphatic heterocycles. The third kappa shape index (κ3) is 3.58. The normalized spacial score (nSPS) is 10.4. The monoisotopic (exact) mass is 439 g/mol. The van der Waals surface area contributed by atoms with Crippen molar-refractivity contribution in [2.75, 3.05) is 5.32 Å². The first-order valence-electron chi connectivity index (χ1n) is 5.60. The first-order chi connectivity index (χ1) is 9.38. The summed E-state index contributed by atoms with van der Waals surface area (Å²) >= 11 is 20.1. The van der Waals surface area contributed by atoms with Gasteiger partial charge in [-0.2, -0.15) is 0 Å². The van der Waals surface area contributed by atoms with E-state index in [1.807, 2.05) is 6.92 Å². The Morgan fingerprint density at radius 3 is 2.50 bits per heavy atom. The van der Waals surface area contributed by atoms with Crippen LogP contribution >= 0.6 is 57.4 Å². The van der Waals surface area contributed by atoms with E-state index >= 15 is 0 Å². The summed E-state index contributed by atoms with van der Waals surface area (Å²) < 4.78 is 0.804. The molecule has 0 radical (unpaired) electrons. The van der Waals surface area contributed by atoms with Crippen molar-refractivity contribution in [2.45, 2.75) is 6.92 Å². The van der Waals surface area contributed by atoms with Crippen LogP contribution in [-0.4, -0.2) is 5.91 Å². The molecule has 1 N–H and O–H groups in total. The Balaban J connectivity index is 2.32. The molecule has 2 aromatic rings. The van der Waals surface area contributed by atoms with Crippen molar-refractivity contribution in [2.24, 2.45) is 0 Å². The summed E-state index contributed by atoms with van der Waals surface area (Å²) in [5.41, 5.74) is 1.82. The van der Waals surface area contributed by atoms with Gasteiger partial charge in [0.1, 0.15) is 0 Å². The SMILES string of the molecule is Cc1cc(Cl)c(NC(=O)c2cc(Cl)ccc2I)cc1Cl. The Kier molecular flexibility index (Phi) is 5.18. The second kappa shape index (κ2) is 6.52. The van der Waals surface area contributed by atoms with Gasteiger partial charge in [-0.3, -0.25) is 4.79 Å². The number of benzene rings is 2. The molecule has 6 heteroatoms. The molecule has 0 spiro atoms. The van der Waals surface area contributed by atoms with Crippen molar-refractivity contribution >= 4 is 69.0 Å². The summed E-state index contributed by atoms with van der Waals surface area (Å²) in [6, 6.07) is 8.47. The maximum Gasteiger partial charge on any atom is 0.256 e. The summed E-state index contributed by atoms with van der Waals surface area (Å²) in [6.07, 6.45) is 0. The lowest BCUT2D eigenvalue weighted by atomic mass is 10.2. The van der Waals surface area contributed by atoms with Gasteiger partial charge in [-0.25, -0.2) is 0 Å². The summed E-state index contributed by atoms with van der Waals surface area (Å²) in [6.45, 7) is 1.85. The lowest BCUT2D eigenvalue weighted by molar-refractivity contribution is 0.102. The van der Waals surface area contributed by atoms with E-state index in [0.717, 1.165) is 9.13 Å². The molecule has 0 unspecified atom stereocenters. The average molecular weight is 440 g/mol. The number of halogens is 4. The number of nitrogens with one attached hydrogen (secondary N) is 1. The smallest absolute Gasteiger partial charge is 0.256 e. The lowest BCUT2D eigenvalue weighted by Crippen LogP contribution is -2.13. The number of anilines is 1. The van der Waals surface area contributed by atoms with Gasteiger partial charge in [-0.1, -0.05) is 34.8 Å². The molecule has 2 aromatic carbocycles. The van der Waals surface area contributed by atoms with Crippen molar-refractivity contribution in [1.82, 2.24) is 0 Å². The van der Waals surface area contributed by atoms with Crippen LogP contribution in [-0.2, 0) is 0 Å². The van der Waals surface area contributed by atoms with E-state index in [4.69, 9.17) is 34.8 Å². The third-order valence-electron chi connectivity index (χ3n) is 2.67. The van der Waals surface area contributed by atoms with E-state index in [-0.39, 0.29) is 5.91 Å². The predicted molar refractivity (Wildman–Crippen MR) is 93.3 cm³/mol. The molecule has 1 amide bonds. The second-order valence-corrected chi connectivity index (χ2v) is 6.57. The second-order valence-electron chi connectivity index (χ2n) is 4.16. The van der Waals surface area contributed by atoms with Gasteiger partial charge in [-0.15, -0.1) is 0 Å². The van der Waals surface area contributed by atoms with Crippen LogP contribution in [0.4, 0.5) is 5.69 Å². The fourth-order valence-corrected chi connectivity index (χ4v) is 2.78. The Morgan fingerprint density at radius 2 is 1.80 bits per heavy atom. The molecular weight excluding hydrogens is 431 g/mol. The third-order valence-corrected chi connectivity index (χ3v) is 4.57. The summed E-state index contributed by atoms with van der Waals surface area (Å²) in [7, 11) is 0. The van der Waals surface area contributed by atoms with Crippen molar-refractivity contribution in [3.05, 3.63) is 60.1 Å². The van der Waals surface area contributed by atoms with E-state index in [2.05, 4.69) is 27.9 Å². The number of carbonyl (C=O) groups excluding carboxylic acids is 1. The molecule has 0 atom stereocenters. The highest BCUT2D eigenvalue weighted by molar-refractivity contribution is 14.1.